The van der Waals surface area contributed by atoms with Gasteiger partial charge in [0.15, 0.2) is 0 Å². The van der Waals surface area contributed by atoms with E-state index >= 15 is 0 Å². The molecule has 15 heavy (non-hydrogen) atoms. The normalized spacial score (nSPS) is 10.1. The fourth-order valence-corrected chi connectivity index (χ4v) is 1.30. The van der Waals surface area contributed by atoms with Crippen LogP contribution >= 0.6 is 0 Å². The molecule has 0 bridgehead atoms. The van der Waals surface area contributed by atoms with Gasteiger partial charge in [-0.15, -0.1) is 0 Å². The summed E-state index contributed by atoms with van der Waals surface area (Å²) in [6.45, 7) is 5.80. The zero-order valence-corrected chi connectivity index (χ0v) is 9.39. The molecular weight excluding hydrogens is 189 g/mol. The molecule has 1 rings (SSSR count). The average molecular weight is 207 g/mol. The zero-order valence-electron chi connectivity index (χ0n) is 9.39. The van der Waals surface area contributed by atoms with Crippen molar-refractivity contribution >= 4 is 0 Å². The van der Waals surface area contributed by atoms with Gasteiger partial charge in [-0.05, 0) is 38.4 Å². The molecule has 0 unspecified atom stereocenters. The molecular formula is C13H18FN. The van der Waals surface area contributed by atoms with Gasteiger partial charge >= 0.3 is 0 Å². The minimum absolute atomic E-state index is 0.110. The molecule has 0 saturated heterocycles. The van der Waals surface area contributed by atoms with Gasteiger partial charge in [0.25, 0.3) is 0 Å². The highest BCUT2D eigenvalue weighted by Gasteiger charge is 1.98. The molecule has 0 aromatic heterocycles. The van der Waals surface area contributed by atoms with Crippen molar-refractivity contribution in [3.63, 3.8) is 0 Å². The van der Waals surface area contributed by atoms with Gasteiger partial charge in [0.05, 0.1) is 0 Å². The maximum Gasteiger partial charge on any atom is 0.126 e. The topological polar surface area (TPSA) is 12.0 Å². The predicted octanol–water partition coefficient (Wildman–Crippen LogP) is 2.92. The Kier molecular flexibility index (Phi) is 5.05. The third-order valence-corrected chi connectivity index (χ3v) is 2.18. The second-order valence-corrected chi connectivity index (χ2v) is 3.83. The van der Waals surface area contributed by atoms with Crippen LogP contribution < -0.4 is 5.32 Å². The SMILES string of the molecule is CC(C)=CCNCCc1ccccc1F. The molecule has 0 saturated carbocycles. The molecule has 0 aliphatic rings. The Hall–Kier alpha value is -1.15. The smallest absolute Gasteiger partial charge is 0.126 e. The maximum absolute atomic E-state index is 13.2. The molecule has 0 heterocycles. The van der Waals surface area contributed by atoms with E-state index < -0.39 is 0 Å². The van der Waals surface area contributed by atoms with Gasteiger partial charge in [0.2, 0.25) is 0 Å². The van der Waals surface area contributed by atoms with E-state index in [1.54, 1.807) is 6.07 Å². The molecule has 1 N–H and O–H groups in total. The van der Waals surface area contributed by atoms with Crippen LogP contribution in [0.5, 0.6) is 0 Å². The van der Waals surface area contributed by atoms with Gasteiger partial charge in [-0.3, -0.25) is 0 Å². The second kappa shape index (κ2) is 6.36. The molecule has 0 aliphatic heterocycles. The molecule has 0 aliphatic carbocycles. The summed E-state index contributed by atoms with van der Waals surface area (Å²) in [6, 6.07) is 6.92. The van der Waals surface area contributed by atoms with Crippen LogP contribution in [0.25, 0.3) is 0 Å². The van der Waals surface area contributed by atoms with Crippen molar-refractivity contribution in [1.82, 2.24) is 5.32 Å². The summed E-state index contributed by atoms with van der Waals surface area (Å²) in [7, 11) is 0. The van der Waals surface area contributed by atoms with Crippen LogP contribution in [0.1, 0.15) is 19.4 Å². The van der Waals surface area contributed by atoms with Crippen molar-refractivity contribution < 1.29 is 4.39 Å². The molecule has 0 amide bonds. The lowest BCUT2D eigenvalue weighted by Crippen LogP contribution is -2.17. The van der Waals surface area contributed by atoms with Crippen molar-refractivity contribution in [1.29, 1.82) is 0 Å². The molecule has 82 valence electrons. The van der Waals surface area contributed by atoms with Crippen LogP contribution in [-0.2, 0) is 6.42 Å². The molecule has 0 radical (unpaired) electrons. The number of benzene rings is 1. The standard InChI is InChI=1S/C13H18FN/c1-11(2)7-9-15-10-8-12-5-3-4-6-13(12)14/h3-7,15H,8-10H2,1-2H3. The van der Waals surface area contributed by atoms with Crippen molar-refractivity contribution in [3.8, 4) is 0 Å². The van der Waals surface area contributed by atoms with Gasteiger partial charge < -0.3 is 5.32 Å². The van der Waals surface area contributed by atoms with Gasteiger partial charge in [-0.1, -0.05) is 29.8 Å². The van der Waals surface area contributed by atoms with Gasteiger partial charge in [-0.2, -0.15) is 0 Å². The number of hydrogen-bond donors (Lipinski definition) is 1. The lowest BCUT2D eigenvalue weighted by Gasteiger charge is -2.03. The van der Waals surface area contributed by atoms with Crippen LogP contribution in [0.2, 0.25) is 0 Å². The largest absolute Gasteiger partial charge is 0.313 e. The zero-order chi connectivity index (χ0) is 11.1. The first-order chi connectivity index (χ1) is 7.20. The third kappa shape index (κ3) is 4.75. The highest BCUT2D eigenvalue weighted by atomic mass is 19.1. The number of rotatable bonds is 5. The van der Waals surface area contributed by atoms with Crippen molar-refractivity contribution in [3.05, 3.63) is 47.3 Å². The van der Waals surface area contributed by atoms with E-state index in [9.17, 15) is 4.39 Å². The minimum Gasteiger partial charge on any atom is -0.313 e. The first-order valence-corrected chi connectivity index (χ1v) is 5.27. The number of nitrogens with one attached hydrogen (secondary N) is 1. The van der Waals surface area contributed by atoms with E-state index in [-0.39, 0.29) is 5.82 Å². The first kappa shape index (κ1) is 11.9. The highest BCUT2D eigenvalue weighted by Crippen LogP contribution is 2.05. The third-order valence-electron chi connectivity index (χ3n) is 2.18. The van der Waals surface area contributed by atoms with Crippen LogP contribution in [0.3, 0.4) is 0 Å². The van der Waals surface area contributed by atoms with Crippen LogP contribution in [-0.4, -0.2) is 13.1 Å². The van der Waals surface area contributed by atoms with E-state index in [2.05, 4.69) is 25.2 Å². The van der Waals surface area contributed by atoms with Crippen LogP contribution in [0.4, 0.5) is 4.39 Å². The predicted molar refractivity (Wildman–Crippen MR) is 62.4 cm³/mol. The highest BCUT2D eigenvalue weighted by molar-refractivity contribution is 5.17. The Morgan fingerprint density at radius 3 is 2.73 bits per heavy atom. The Morgan fingerprint density at radius 2 is 2.07 bits per heavy atom. The Bertz CT molecular complexity index is 327. The molecule has 0 atom stereocenters. The second-order valence-electron chi connectivity index (χ2n) is 3.83. The molecule has 1 aromatic carbocycles. The molecule has 1 nitrogen and oxygen atoms in total. The lowest BCUT2D eigenvalue weighted by molar-refractivity contribution is 0.602. The fourth-order valence-electron chi connectivity index (χ4n) is 1.30. The summed E-state index contributed by atoms with van der Waals surface area (Å²) in [5.41, 5.74) is 2.08. The van der Waals surface area contributed by atoms with Crippen molar-refractivity contribution in [2.24, 2.45) is 0 Å². The average Bonchev–Trinajstić information content (AvgIpc) is 2.20. The summed E-state index contributed by atoms with van der Waals surface area (Å²) in [5, 5.41) is 3.25. The quantitative estimate of drug-likeness (QED) is 0.578. The maximum atomic E-state index is 13.2. The van der Waals surface area contributed by atoms with E-state index in [0.717, 1.165) is 25.1 Å². The lowest BCUT2D eigenvalue weighted by atomic mass is 10.1. The summed E-state index contributed by atoms with van der Waals surface area (Å²) < 4.78 is 13.2. The number of halogens is 1. The number of hydrogen-bond acceptors (Lipinski definition) is 1. The molecule has 2 heteroatoms. The van der Waals surface area contributed by atoms with Crippen LogP contribution in [0.15, 0.2) is 35.9 Å². The summed E-state index contributed by atoms with van der Waals surface area (Å²) in [5.74, 6) is -0.110. The number of allylic oxidation sites excluding steroid dienone is 1. The van der Waals surface area contributed by atoms with Gasteiger partial charge in [0.1, 0.15) is 5.82 Å². The van der Waals surface area contributed by atoms with Crippen molar-refractivity contribution in [2.75, 3.05) is 13.1 Å². The van der Waals surface area contributed by atoms with E-state index in [1.165, 1.54) is 11.6 Å². The fraction of sp³-hybridized carbons (Fsp3) is 0.385. The summed E-state index contributed by atoms with van der Waals surface area (Å²) >= 11 is 0. The monoisotopic (exact) mass is 207 g/mol. The summed E-state index contributed by atoms with van der Waals surface area (Å²) in [4.78, 5) is 0. The van der Waals surface area contributed by atoms with Crippen LogP contribution in [0, 0.1) is 5.82 Å². The molecule has 1 aromatic rings. The van der Waals surface area contributed by atoms with Crippen molar-refractivity contribution in [2.45, 2.75) is 20.3 Å². The Balaban J connectivity index is 2.26. The Morgan fingerprint density at radius 1 is 1.33 bits per heavy atom. The van der Waals surface area contributed by atoms with E-state index in [1.807, 2.05) is 12.1 Å². The molecule has 0 fully saturated rings. The first-order valence-electron chi connectivity index (χ1n) is 5.27. The Labute approximate surface area is 91.0 Å². The van der Waals surface area contributed by atoms with Gasteiger partial charge in [-0.25, -0.2) is 4.39 Å². The van der Waals surface area contributed by atoms with E-state index in [4.69, 9.17) is 0 Å². The molecule has 0 spiro atoms. The van der Waals surface area contributed by atoms with Gasteiger partial charge in [0, 0.05) is 6.54 Å². The minimum atomic E-state index is -0.110. The summed E-state index contributed by atoms with van der Waals surface area (Å²) in [6.07, 6.45) is 2.87. The van der Waals surface area contributed by atoms with E-state index in [0.29, 0.717) is 0 Å².